The number of nitrogens with zero attached hydrogens (tertiary/aromatic N) is 2. The lowest BCUT2D eigenvalue weighted by Crippen LogP contribution is -2.24. The van der Waals surface area contributed by atoms with Crippen molar-refractivity contribution in [3.8, 4) is 5.75 Å². The predicted octanol–water partition coefficient (Wildman–Crippen LogP) is 3.11. The Morgan fingerprint density at radius 1 is 1.06 bits per heavy atom. The summed E-state index contributed by atoms with van der Waals surface area (Å²) in [6.45, 7) is 5.26. The monoisotopic (exact) mass is 494 g/mol. The molecule has 8 heteroatoms. The van der Waals surface area contributed by atoms with Crippen LogP contribution in [0.15, 0.2) is 60.8 Å². The molecule has 194 valence electrons. The Balaban J connectivity index is 0.000000233. The zero-order chi connectivity index (χ0) is 25.4. The number of carbonyl (C=O) groups excluding carboxylic acids is 1. The molecule has 2 heterocycles. The Morgan fingerprint density at radius 2 is 1.86 bits per heavy atom. The first-order valence-electron chi connectivity index (χ1n) is 12.6. The van der Waals surface area contributed by atoms with E-state index >= 15 is 0 Å². The highest BCUT2D eigenvalue weighted by Gasteiger charge is 2.11. The lowest BCUT2D eigenvalue weighted by molar-refractivity contribution is -0.122. The number of aliphatic hydroxyl groups is 1. The number of amides is 1. The van der Waals surface area contributed by atoms with Crippen LogP contribution in [0.25, 0.3) is 10.9 Å². The number of hydrogen-bond donors (Lipinski definition) is 3. The van der Waals surface area contributed by atoms with E-state index in [1.165, 1.54) is 44.5 Å². The van der Waals surface area contributed by atoms with Crippen molar-refractivity contribution in [2.24, 2.45) is 0 Å². The number of likely N-dealkylation sites (N-methyl/N-ethyl adjacent to an activating group) is 1. The number of aromatic nitrogens is 1. The van der Waals surface area contributed by atoms with Crippen LogP contribution in [0.3, 0.4) is 0 Å². The molecule has 36 heavy (non-hydrogen) atoms. The summed E-state index contributed by atoms with van der Waals surface area (Å²) in [7, 11) is 1.57. The van der Waals surface area contributed by atoms with Crippen molar-refractivity contribution in [1.29, 1.82) is 0 Å². The van der Waals surface area contributed by atoms with E-state index in [0.717, 1.165) is 16.6 Å². The molecule has 1 amide bonds. The molecule has 0 atom stereocenters. The van der Waals surface area contributed by atoms with Gasteiger partial charge in [0.1, 0.15) is 5.75 Å². The summed E-state index contributed by atoms with van der Waals surface area (Å²) in [6.07, 6.45) is 5.71. The van der Waals surface area contributed by atoms with Gasteiger partial charge in [-0.3, -0.25) is 9.78 Å². The Morgan fingerprint density at radius 3 is 2.61 bits per heavy atom. The first-order valence-corrected chi connectivity index (χ1v) is 12.6. The molecule has 1 aromatic heterocycles. The molecular formula is C28H38N4O4. The van der Waals surface area contributed by atoms with E-state index in [1.54, 1.807) is 13.2 Å². The highest BCUT2D eigenvalue weighted by molar-refractivity contribution is 5.95. The second-order valence-electron chi connectivity index (χ2n) is 8.52. The second-order valence-corrected chi connectivity index (χ2v) is 8.52. The standard InChI is InChI=1S/C16H21N3O4.C12H17N/c1-17-15(21)11-23-14-5-4-13(18-7-9-22-10-8-20)16-12(14)3-2-6-19-16;1-2-6-12(7-3-1)8-11-13-9-4-5-10-13/h2-6,18,20H,7-11H2,1H3,(H,17,21);1-3,6-7H,4-5,8-11H2. The van der Waals surface area contributed by atoms with Gasteiger partial charge in [-0.25, -0.2) is 0 Å². The molecule has 0 spiro atoms. The van der Waals surface area contributed by atoms with Crippen LogP contribution in [-0.2, 0) is 16.0 Å². The summed E-state index contributed by atoms with van der Waals surface area (Å²) >= 11 is 0. The molecule has 1 aliphatic heterocycles. The van der Waals surface area contributed by atoms with Crippen LogP contribution in [0.5, 0.6) is 5.75 Å². The van der Waals surface area contributed by atoms with Gasteiger partial charge in [-0.2, -0.15) is 0 Å². The smallest absolute Gasteiger partial charge is 0.257 e. The number of carbonyl (C=O) groups is 1. The van der Waals surface area contributed by atoms with E-state index in [0.29, 0.717) is 25.5 Å². The summed E-state index contributed by atoms with van der Waals surface area (Å²) < 4.78 is 10.8. The molecule has 1 fully saturated rings. The molecule has 0 bridgehead atoms. The minimum Gasteiger partial charge on any atom is -0.483 e. The quantitative estimate of drug-likeness (QED) is 0.333. The molecule has 0 radical (unpaired) electrons. The van der Waals surface area contributed by atoms with Crippen molar-refractivity contribution in [3.05, 3.63) is 66.4 Å². The number of rotatable bonds is 12. The summed E-state index contributed by atoms with van der Waals surface area (Å²) in [6, 6.07) is 18.2. The highest BCUT2D eigenvalue weighted by atomic mass is 16.5. The summed E-state index contributed by atoms with van der Waals surface area (Å²) in [4.78, 5) is 18.3. The maximum absolute atomic E-state index is 11.3. The van der Waals surface area contributed by atoms with Crippen LogP contribution in [0, 0.1) is 0 Å². The summed E-state index contributed by atoms with van der Waals surface area (Å²) in [5, 5.41) is 15.3. The van der Waals surface area contributed by atoms with E-state index in [4.69, 9.17) is 14.6 Å². The Kier molecular flexibility index (Phi) is 12.0. The van der Waals surface area contributed by atoms with Gasteiger partial charge in [-0.05, 0) is 62.2 Å². The van der Waals surface area contributed by atoms with Crippen LogP contribution in [0.1, 0.15) is 18.4 Å². The van der Waals surface area contributed by atoms with Gasteiger partial charge in [-0.15, -0.1) is 0 Å². The van der Waals surface area contributed by atoms with E-state index < -0.39 is 0 Å². The third kappa shape index (κ3) is 9.11. The normalized spacial score (nSPS) is 13.2. The van der Waals surface area contributed by atoms with E-state index in [1.807, 2.05) is 24.3 Å². The molecule has 8 nitrogen and oxygen atoms in total. The molecule has 0 aliphatic carbocycles. The number of pyridine rings is 1. The van der Waals surface area contributed by atoms with Crippen LogP contribution >= 0.6 is 0 Å². The van der Waals surface area contributed by atoms with Crippen LogP contribution in [0.2, 0.25) is 0 Å². The Hall–Kier alpha value is -3.20. The molecule has 1 saturated heterocycles. The fraction of sp³-hybridized carbons (Fsp3) is 0.429. The van der Waals surface area contributed by atoms with Crippen molar-refractivity contribution in [1.82, 2.24) is 15.2 Å². The van der Waals surface area contributed by atoms with Crippen molar-refractivity contribution in [2.75, 3.05) is 65.0 Å². The first-order chi connectivity index (χ1) is 17.7. The Labute approximate surface area is 213 Å². The molecule has 4 rings (SSSR count). The number of ether oxygens (including phenoxy) is 2. The van der Waals surface area contributed by atoms with Crippen molar-refractivity contribution in [2.45, 2.75) is 19.3 Å². The average molecular weight is 495 g/mol. The van der Waals surface area contributed by atoms with E-state index in [-0.39, 0.29) is 19.1 Å². The van der Waals surface area contributed by atoms with Gasteiger partial charge in [-0.1, -0.05) is 30.3 Å². The number of fused-ring (bicyclic) bond motifs is 1. The molecule has 0 unspecified atom stereocenters. The average Bonchev–Trinajstić information content (AvgIpc) is 3.46. The number of nitrogens with one attached hydrogen (secondary N) is 2. The summed E-state index contributed by atoms with van der Waals surface area (Å²) in [5.74, 6) is 0.420. The van der Waals surface area contributed by atoms with Gasteiger partial charge in [0, 0.05) is 31.7 Å². The van der Waals surface area contributed by atoms with Crippen LogP contribution in [0.4, 0.5) is 5.69 Å². The van der Waals surface area contributed by atoms with Crippen LogP contribution < -0.4 is 15.4 Å². The molecule has 3 aromatic rings. The summed E-state index contributed by atoms with van der Waals surface area (Å²) in [5.41, 5.74) is 3.10. The third-order valence-corrected chi connectivity index (χ3v) is 5.92. The van der Waals surface area contributed by atoms with Crippen LogP contribution in [-0.4, -0.2) is 80.6 Å². The first kappa shape index (κ1) is 27.4. The van der Waals surface area contributed by atoms with Crippen molar-refractivity contribution < 1.29 is 19.4 Å². The Bertz CT molecular complexity index is 1040. The number of hydrogen-bond acceptors (Lipinski definition) is 7. The van der Waals surface area contributed by atoms with Gasteiger partial charge in [0.25, 0.3) is 5.91 Å². The van der Waals surface area contributed by atoms with Gasteiger partial charge >= 0.3 is 0 Å². The largest absolute Gasteiger partial charge is 0.483 e. The third-order valence-electron chi connectivity index (χ3n) is 5.92. The maximum Gasteiger partial charge on any atom is 0.257 e. The van der Waals surface area contributed by atoms with Gasteiger partial charge < -0.3 is 30.1 Å². The zero-order valence-corrected chi connectivity index (χ0v) is 21.1. The number of benzene rings is 2. The van der Waals surface area contributed by atoms with Crippen molar-refractivity contribution in [3.63, 3.8) is 0 Å². The fourth-order valence-corrected chi connectivity index (χ4v) is 3.99. The van der Waals surface area contributed by atoms with Gasteiger partial charge in [0.2, 0.25) is 0 Å². The highest BCUT2D eigenvalue weighted by Crippen LogP contribution is 2.29. The van der Waals surface area contributed by atoms with Gasteiger partial charge in [0.15, 0.2) is 6.61 Å². The molecule has 1 aliphatic rings. The van der Waals surface area contributed by atoms with E-state index in [9.17, 15) is 4.79 Å². The predicted molar refractivity (Wildman–Crippen MR) is 144 cm³/mol. The fourth-order valence-electron chi connectivity index (χ4n) is 3.99. The molecule has 0 saturated carbocycles. The minimum absolute atomic E-state index is 0.0157. The molecule has 2 aromatic carbocycles. The number of anilines is 1. The lowest BCUT2D eigenvalue weighted by Gasteiger charge is -2.13. The maximum atomic E-state index is 11.3. The minimum atomic E-state index is -0.190. The van der Waals surface area contributed by atoms with Gasteiger partial charge in [0.05, 0.1) is 31.0 Å². The number of aliphatic hydroxyl groups excluding tert-OH is 1. The topological polar surface area (TPSA) is 96.0 Å². The zero-order valence-electron chi connectivity index (χ0n) is 21.1. The SMILES string of the molecule is CNC(=O)COc1ccc(NCCOCCO)c2ncccc12.c1ccc(CCN2CCCC2)cc1. The van der Waals surface area contributed by atoms with E-state index in [2.05, 4.69) is 50.8 Å². The number of likely N-dealkylation sites (tertiary alicyclic amines) is 1. The lowest BCUT2D eigenvalue weighted by atomic mass is 10.1. The van der Waals surface area contributed by atoms with Crippen molar-refractivity contribution >= 4 is 22.5 Å². The second kappa shape index (κ2) is 15.7. The molecule has 3 N–H and O–H groups in total. The molecular weight excluding hydrogens is 456 g/mol.